The Bertz CT molecular complexity index is 1350. The second-order valence-electron chi connectivity index (χ2n) is 10.3. The first kappa shape index (κ1) is 24.8. The lowest BCUT2D eigenvalue weighted by Crippen LogP contribution is -2.58. The Labute approximate surface area is 215 Å². The first-order valence-corrected chi connectivity index (χ1v) is 13.0. The van der Waals surface area contributed by atoms with Crippen LogP contribution in [0.15, 0.2) is 51.7 Å². The normalized spacial score (nSPS) is 24.9. The zero-order chi connectivity index (χ0) is 25.6. The lowest BCUT2D eigenvalue weighted by Gasteiger charge is -2.53. The summed E-state index contributed by atoms with van der Waals surface area (Å²) >= 11 is 6.15. The minimum Gasteiger partial charge on any atom is -0.481 e. The molecule has 7 heteroatoms. The fourth-order valence-corrected chi connectivity index (χ4v) is 6.12. The maximum absolute atomic E-state index is 13.8. The highest BCUT2D eigenvalue weighted by atomic mass is 35.5. The minimum absolute atomic E-state index is 0.0431. The number of hydrogen-bond donors (Lipinski definition) is 1. The number of piperidine rings is 1. The molecule has 0 spiro atoms. The third-order valence-corrected chi connectivity index (χ3v) is 8.40. The molecular formula is C29H32ClNO5. The Morgan fingerprint density at radius 1 is 1.14 bits per heavy atom. The number of likely N-dealkylation sites (tertiary alicyclic amines) is 1. The largest absolute Gasteiger partial charge is 0.481 e. The van der Waals surface area contributed by atoms with Crippen LogP contribution >= 0.6 is 11.6 Å². The molecule has 0 unspecified atom stereocenters. The van der Waals surface area contributed by atoms with Crippen LogP contribution < -0.4 is 10.4 Å². The van der Waals surface area contributed by atoms with Crippen LogP contribution in [0.3, 0.4) is 0 Å². The van der Waals surface area contributed by atoms with Crippen LogP contribution in [0.5, 0.6) is 5.75 Å². The summed E-state index contributed by atoms with van der Waals surface area (Å²) in [5.41, 5.74) is 1.72. The Morgan fingerprint density at radius 3 is 2.64 bits per heavy atom. The van der Waals surface area contributed by atoms with E-state index >= 15 is 0 Å². The molecule has 190 valence electrons. The highest BCUT2D eigenvalue weighted by Gasteiger charge is 2.50. The fraction of sp³-hybridized carbons (Fsp3) is 0.448. The molecule has 1 N–H and O–H groups in total. The summed E-state index contributed by atoms with van der Waals surface area (Å²) < 4.78 is 11.5. The number of ether oxygens (including phenoxy) is 1. The summed E-state index contributed by atoms with van der Waals surface area (Å²) in [4.78, 5) is 27.8. The van der Waals surface area contributed by atoms with Gasteiger partial charge >= 0.3 is 5.63 Å². The highest BCUT2D eigenvalue weighted by Crippen LogP contribution is 2.49. The van der Waals surface area contributed by atoms with Gasteiger partial charge in [0.05, 0.1) is 11.6 Å². The molecule has 2 fully saturated rings. The molecule has 1 amide bonds. The lowest BCUT2D eigenvalue weighted by atomic mass is 9.66. The van der Waals surface area contributed by atoms with Gasteiger partial charge in [-0.15, -0.1) is 0 Å². The second kappa shape index (κ2) is 9.56. The molecule has 1 aliphatic heterocycles. The van der Waals surface area contributed by atoms with Crippen LogP contribution in [0.25, 0.3) is 11.0 Å². The van der Waals surface area contributed by atoms with Crippen LogP contribution in [-0.2, 0) is 4.79 Å². The molecule has 1 aliphatic carbocycles. The fourth-order valence-electron chi connectivity index (χ4n) is 5.99. The van der Waals surface area contributed by atoms with E-state index in [1.54, 1.807) is 26.0 Å². The van der Waals surface area contributed by atoms with Crippen molar-refractivity contribution in [3.05, 3.63) is 74.6 Å². The number of fused-ring (bicyclic) bond motifs is 2. The van der Waals surface area contributed by atoms with Gasteiger partial charge in [-0.05, 0) is 75.4 Å². The zero-order valence-electron chi connectivity index (χ0n) is 20.9. The molecule has 3 aromatic rings. The number of aliphatic hydroxyl groups is 1. The summed E-state index contributed by atoms with van der Waals surface area (Å²) in [6.45, 7) is 5.83. The van der Waals surface area contributed by atoms with Crippen molar-refractivity contribution in [1.29, 1.82) is 0 Å². The predicted octanol–water partition coefficient (Wildman–Crippen LogP) is 5.73. The van der Waals surface area contributed by atoms with Gasteiger partial charge in [0.1, 0.15) is 11.3 Å². The van der Waals surface area contributed by atoms with Crippen molar-refractivity contribution in [2.45, 2.75) is 70.6 Å². The van der Waals surface area contributed by atoms with E-state index in [1.807, 2.05) is 42.2 Å². The topological polar surface area (TPSA) is 80.0 Å². The molecule has 36 heavy (non-hydrogen) atoms. The summed E-state index contributed by atoms with van der Waals surface area (Å²) in [6, 6.07) is 12.6. The molecule has 1 saturated carbocycles. The van der Waals surface area contributed by atoms with Crippen molar-refractivity contribution in [3.63, 3.8) is 0 Å². The van der Waals surface area contributed by atoms with Crippen LogP contribution in [0.4, 0.5) is 0 Å². The number of hydrogen-bond acceptors (Lipinski definition) is 5. The lowest BCUT2D eigenvalue weighted by molar-refractivity contribution is -0.161. The molecule has 4 atom stereocenters. The molecule has 5 rings (SSSR count). The van der Waals surface area contributed by atoms with Crippen molar-refractivity contribution >= 4 is 28.5 Å². The number of aryl methyl sites for hydroxylation is 1. The summed E-state index contributed by atoms with van der Waals surface area (Å²) in [6.07, 6.45) is 3.46. The third-order valence-electron chi connectivity index (χ3n) is 8.15. The van der Waals surface area contributed by atoms with E-state index < -0.39 is 11.7 Å². The highest BCUT2D eigenvalue weighted by molar-refractivity contribution is 6.30. The van der Waals surface area contributed by atoms with Crippen molar-refractivity contribution in [2.24, 2.45) is 5.92 Å². The molecule has 2 heterocycles. The van der Waals surface area contributed by atoms with Gasteiger partial charge in [-0.2, -0.15) is 0 Å². The number of rotatable bonds is 4. The van der Waals surface area contributed by atoms with Crippen LogP contribution in [0, 0.1) is 19.8 Å². The number of carbonyl (C=O) groups is 1. The smallest absolute Gasteiger partial charge is 0.339 e. The second-order valence-corrected chi connectivity index (χ2v) is 10.7. The Morgan fingerprint density at radius 2 is 1.89 bits per heavy atom. The van der Waals surface area contributed by atoms with Gasteiger partial charge in [0.25, 0.3) is 5.91 Å². The minimum atomic E-state index is -0.769. The summed E-state index contributed by atoms with van der Waals surface area (Å²) in [5.74, 6) is 0.284. The molecule has 2 aliphatic rings. The van der Waals surface area contributed by atoms with Gasteiger partial charge in [-0.3, -0.25) is 4.79 Å². The first-order valence-electron chi connectivity index (χ1n) is 12.7. The third kappa shape index (κ3) is 4.41. The number of benzene rings is 2. The molecule has 0 bridgehead atoms. The van der Waals surface area contributed by atoms with Crippen molar-refractivity contribution in [1.82, 2.24) is 4.90 Å². The maximum atomic E-state index is 13.8. The average Bonchev–Trinajstić information content (AvgIpc) is 2.86. The molecule has 0 radical (unpaired) electrons. The number of carbonyl (C=O) groups excluding carboxylic acids is 1. The average molecular weight is 510 g/mol. The van der Waals surface area contributed by atoms with E-state index in [0.717, 1.165) is 42.2 Å². The van der Waals surface area contributed by atoms with Gasteiger partial charge in [0.2, 0.25) is 0 Å². The van der Waals surface area contributed by atoms with E-state index in [0.29, 0.717) is 34.9 Å². The van der Waals surface area contributed by atoms with Gasteiger partial charge in [-0.1, -0.05) is 36.6 Å². The van der Waals surface area contributed by atoms with E-state index in [-0.39, 0.29) is 23.5 Å². The summed E-state index contributed by atoms with van der Waals surface area (Å²) in [7, 11) is 0. The van der Waals surface area contributed by atoms with Gasteiger partial charge < -0.3 is 19.2 Å². The van der Waals surface area contributed by atoms with E-state index in [4.69, 9.17) is 20.8 Å². The maximum Gasteiger partial charge on any atom is 0.339 e. The Hall–Kier alpha value is -2.83. The van der Waals surface area contributed by atoms with E-state index in [2.05, 4.69) is 0 Å². The molecule has 2 aromatic carbocycles. The zero-order valence-corrected chi connectivity index (χ0v) is 21.7. The van der Waals surface area contributed by atoms with Gasteiger partial charge in [-0.25, -0.2) is 4.79 Å². The van der Waals surface area contributed by atoms with Crippen molar-refractivity contribution < 1.29 is 19.1 Å². The van der Waals surface area contributed by atoms with Crippen LogP contribution in [-0.4, -0.2) is 34.2 Å². The first-order chi connectivity index (χ1) is 17.2. The van der Waals surface area contributed by atoms with Crippen LogP contribution in [0.2, 0.25) is 5.02 Å². The monoisotopic (exact) mass is 509 g/mol. The quantitative estimate of drug-likeness (QED) is 0.454. The van der Waals surface area contributed by atoms with E-state index in [1.165, 1.54) is 0 Å². The molecular weight excluding hydrogens is 478 g/mol. The van der Waals surface area contributed by atoms with Crippen molar-refractivity contribution in [3.8, 4) is 5.75 Å². The molecule has 1 saturated heterocycles. The van der Waals surface area contributed by atoms with Crippen molar-refractivity contribution in [2.75, 3.05) is 6.54 Å². The number of halogens is 1. The van der Waals surface area contributed by atoms with Gasteiger partial charge in [0, 0.05) is 34.5 Å². The van der Waals surface area contributed by atoms with Crippen LogP contribution in [0.1, 0.15) is 61.8 Å². The number of amides is 1. The number of nitrogens with zero attached hydrogens (tertiary/aromatic N) is 1. The molecule has 1 aromatic heterocycles. The molecule has 6 nitrogen and oxygen atoms in total. The SMILES string of the molecule is Cc1c(C)c2ccc(O[C@H](C)C(=O)N3CC[C@@]4(O)CCCC[C@H]4[C@@H]3c3ccc(Cl)cc3)cc2oc1=O. The van der Waals surface area contributed by atoms with E-state index in [9.17, 15) is 14.7 Å². The standard InChI is InChI=1S/C29H32ClNO5/c1-17-18(2)28(33)36-25-16-22(11-12-23(17)25)35-19(3)27(32)31-15-14-29(34)13-5-4-6-24(29)26(31)20-7-9-21(30)10-8-20/h7-12,16,19,24,26,34H,4-6,13-15H2,1-3H3/t19-,24+,26+,29+/m1/s1. The predicted molar refractivity (Wildman–Crippen MR) is 139 cm³/mol. The Balaban J connectivity index is 1.43. The Kier molecular flexibility index (Phi) is 6.60. The van der Waals surface area contributed by atoms with Gasteiger partial charge in [0.15, 0.2) is 6.10 Å². The summed E-state index contributed by atoms with van der Waals surface area (Å²) in [5, 5.41) is 13.0.